The first kappa shape index (κ1) is 23.7. The monoisotopic (exact) mass is 449 g/mol. The van der Waals surface area contributed by atoms with E-state index in [1.54, 1.807) is 0 Å². The van der Waals surface area contributed by atoms with Gasteiger partial charge >= 0.3 is 16.8 Å². The predicted octanol–water partition coefficient (Wildman–Crippen LogP) is -3.72. The van der Waals surface area contributed by atoms with E-state index in [1.165, 1.54) is 25.7 Å². The topological polar surface area (TPSA) is 17.1 Å². The van der Waals surface area contributed by atoms with Crippen LogP contribution >= 0.6 is 0 Å². The summed E-state index contributed by atoms with van der Waals surface area (Å²) >= 11 is 0. The minimum absolute atomic E-state index is 0. The molecule has 0 atom stereocenters. The van der Waals surface area contributed by atoms with Gasteiger partial charge in [-0.05, 0) is 25.7 Å². The van der Waals surface area contributed by atoms with Gasteiger partial charge in [-0.3, -0.25) is 4.79 Å². The SMILES string of the molecule is C1=C\CCCC\C=C/1.[C]=O.[Co+2].[I-].[I-]. The zero-order valence-electron chi connectivity index (χ0n) is 7.14. The fourth-order valence-corrected chi connectivity index (χ4v) is 0.874. The van der Waals surface area contributed by atoms with Crippen LogP contribution in [0.15, 0.2) is 24.3 Å². The average Bonchev–Trinajstić information content (AvgIpc) is 1.90. The van der Waals surface area contributed by atoms with Crippen LogP contribution in [0.3, 0.4) is 0 Å². The normalized spacial score (nSPS) is 17.5. The number of halogens is 2. The molecular formula is C9H12CoI2O. The zero-order valence-corrected chi connectivity index (χ0v) is 12.5. The van der Waals surface area contributed by atoms with Crippen molar-refractivity contribution in [1.82, 2.24) is 0 Å². The van der Waals surface area contributed by atoms with E-state index in [2.05, 4.69) is 31.1 Å². The van der Waals surface area contributed by atoms with Crippen molar-refractivity contribution in [2.24, 2.45) is 0 Å². The van der Waals surface area contributed by atoms with E-state index in [1.807, 2.05) is 0 Å². The van der Waals surface area contributed by atoms with Crippen LogP contribution in [0.2, 0.25) is 0 Å². The molecule has 0 aromatic heterocycles. The quantitative estimate of drug-likeness (QED) is 0.348. The Morgan fingerprint density at radius 3 is 1.46 bits per heavy atom. The van der Waals surface area contributed by atoms with E-state index in [-0.39, 0.29) is 64.7 Å². The molecule has 1 rings (SSSR count). The van der Waals surface area contributed by atoms with Gasteiger partial charge in [0.15, 0.2) is 0 Å². The first-order valence-electron chi connectivity index (χ1n) is 3.52. The predicted molar refractivity (Wildman–Crippen MR) is 42.4 cm³/mol. The van der Waals surface area contributed by atoms with Crippen LogP contribution in [0.25, 0.3) is 0 Å². The fraction of sp³-hybridized carbons (Fsp3) is 0.444. The fourth-order valence-electron chi connectivity index (χ4n) is 0.874. The molecule has 0 N–H and O–H groups in total. The maximum Gasteiger partial charge on any atom is 2.00 e. The van der Waals surface area contributed by atoms with Crippen LogP contribution in [0.4, 0.5) is 0 Å². The molecule has 0 heterocycles. The van der Waals surface area contributed by atoms with Crippen molar-refractivity contribution in [1.29, 1.82) is 0 Å². The number of carbonyl (C=O) groups excluding carboxylic acids is 1. The standard InChI is InChI=1S/C8H12.CO.Co.2HI/c1-2-4-6-8-7-5-3-1;1-2;;;/h1-4H,5-8H2;;;2*1H/q;;+2;;/p-2/b3-1-,4-2-;;;;. The van der Waals surface area contributed by atoms with Gasteiger partial charge in [0.2, 0.25) is 0 Å². The Morgan fingerprint density at radius 1 is 0.846 bits per heavy atom. The first-order valence-corrected chi connectivity index (χ1v) is 3.52. The van der Waals surface area contributed by atoms with Gasteiger partial charge in [0.05, 0.1) is 0 Å². The third-order valence-corrected chi connectivity index (χ3v) is 1.37. The van der Waals surface area contributed by atoms with Crippen molar-refractivity contribution in [3.8, 4) is 0 Å². The molecule has 0 amide bonds. The van der Waals surface area contributed by atoms with Gasteiger partial charge < -0.3 is 48.0 Å². The van der Waals surface area contributed by atoms with Gasteiger partial charge in [0.1, 0.15) is 0 Å². The summed E-state index contributed by atoms with van der Waals surface area (Å²) in [7, 11) is 0. The molecule has 0 bridgehead atoms. The second-order valence-electron chi connectivity index (χ2n) is 2.14. The van der Waals surface area contributed by atoms with E-state index in [9.17, 15) is 0 Å². The molecule has 1 nitrogen and oxygen atoms in total. The smallest absolute Gasteiger partial charge is 1.00 e. The molecule has 0 saturated heterocycles. The van der Waals surface area contributed by atoms with E-state index < -0.39 is 0 Å². The molecule has 4 heteroatoms. The van der Waals surface area contributed by atoms with Gasteiger partial charge in [0, 0.05) is 0 Å². The molecule has 13 heavy (non-hydrogen) atoms. The summed E-state index contributed by atoms with van der Waals surface area (Å²) in [4.78, 5) is 7.50. The molecule has 77 valence electrons. The van der Waals surface area contributed by atoms with Crippen molar-refractivity contribution in [3.63, 3.8) is 0 Å². The molecule has 3 radical (unpaired) electrons. The van der Waals surface area contributed by atoms with Gasteiger partial charge in [-0.2, -0.15) is 0 Å². The molecule has 1 aliphatic rings. The summed E-state index contributed by atoms with van der Waals surface area (Å²) in [5.41, 5.74) is 0. The Morgan fingerprint density at radius 2 is 1.15 bits per heavy atom. The van der Waals surface area contributed by atoms with Crippen LogP contribution in [0.1, 0.15) is 25.7 Å². The third-order valence-electron chi connectivity index (χ3n) is 1.37. The Bertz CT molecular complexity index is 113. The minimum Gasteiger partial charge on any atom is -1.00 e. The van der Waals surface area contributed by atoms with Crippen LogP contribution < -0.4 is 48.0 Å². The van der Waals surface area contributed by atoms with Crippen molar-refractivity contribution < 1.29 is 69.5 Å². The Labute approximate surface area is 125 Å². The Hall–Kier alpha value is 1.12. The maximum absolute atomic E-state index is 7.50. The molecule has 0 fully saturated rings. The second kappa shape index (κ2) is 23.2. The van der Waals surface area contributed by atoms with E-state index in [4.69, 9.17) is 4.79 Å². The third kappa shape index (κ3) is 19.5. The number of hydrogen-bond donors (Lipinski definition) is 0. The maximum atomic E-state index is 7.50. The Balaban J connectivity index is -0.0000000761. The molecular weight excluding hydrogens is 437 g/mol. The minimum atomic E-state index is 0. The van der Waals surface area contributed by atoms with Crippen molar-refractivity contribution >= 4 is 6.79 Å². The summed E-state index contributed by atoms with van der Waals surface area (Å²) in [6, 6.07) is 0. The number of hydrogen-bond acceptors (Lipinski definition) is 1. The number of allylic oxidation sites excluding steroid dienone is 4. The summed E-state index contributed by atoms with van der Waals surface area (Å²) in [5.74, 6) is 0. The zero-order chi connectivity index (χ0) is 7.66. The molecule has 0 saturated carbocycles. The summed E-state index contributed by atoms with van der Waals surface area (Å²) in [6.07, 6.45) is 14.0. The second-order valence-corrected chi connectivity index (χ2v) is 2.14. The summed E-state index contributed by atoms with van der Waals surface area (Å²) < 4.78 is 0. The summed E-state index contributed by atoms with van der Waals surface area (Å²) in [5, 5.41) is 0. The Kier molecular flexibility index (Phi) is 42.3. The van der Waals surface area contributed by atoms with Crippen LogP contribution in [-0.2, 0) is 21.6 Å². The van der Waals surface area contributed by atoms with Crippen LogP contribution in [0.5, 0.6) is 0 Å². The van der Waals surface area contributed by atoms with E-state index >= 15 is 0 Å². The van der Waals surface area contributed by atoms with E-state index in [0.717, 1.165) is 0 Å². The molecule has 0 unspecified atom stereocenters. The van der Waals surface area contributed by atoms with Crippen LogP contribution in [-0.4, -0.2) is 6.79 Å². The van der Waals surface area contributed by atoms with Crippen molar-refractivity contribution in [2.75, 3.05) is 0 Å². The van der Waals surface area contributed by atoms with Gasteiger partial charge in [0.25, 0.3) is 6.79 Å². The first-order chi connectivity index (χ1) is 5.00. The summed E-state index contributed by atoms with van der Waals surface area (Å²) in [6.45, 7) is 4.50. The van der Waals surface area contributed by atoms with Gasteiger partial charge in [-0.15, -0.1) is 0 Å². The molecule has 0 aliphatic heterocycles. The number of rotatable bonds is 0. The van der Waals surface area contributed by atoms with Gasteiger partial charge in [-0.1, -0.05) is 24.3 Å². The van der Waals surface area contributed by atoms with Crippen molar-refractivity contribution in [2.45, 2.75) is 25.7 Å². The molecule has 0 aromatic carbocycles. The average molecular weight is 449 g/mol. The van der Waals surface area contributed by atoms with E-state index in [0.29, 0.717) is 0 Å². The van der Waals surface area contributed by atoms with Crippen LogP contribution in [0, 0.1) is 0 Å². The van der Waals surface area contributed by atoms with Crippen molar-refractivity contribution in [3.05, 3.63) is 24.3 Å². The largest absolute Gasteiger partial charge is 2.00 e. The molecule has 0 spiro atoms. The molecule has 1 aliphatic carbocycles. The van der Waals surface area contributed by atoms with Gasteiger partial charge in [-0.25, -0.2) is 0 Å². The molecule has 0 aromatic rings.